The summed E-state index contributed by atoms with van der Waals surface area (Å²) >= 11 is 0. The summed E-state index contributed by atoms with van der Waals surface area (Å²) < 4.78 is 16.1. The van der Waals surface area contributed by atoms with Crippen molar-refractivity contribution in [2.45, 2.75) is 5.41 Å². The molecule has 0 atom stereocenters. The number of benzene rings is 1. The van der Waals surface area contributed by atoms with Crippen LogP contribution >= 0.6 is 0 Å². The van der Waals surface area contributed by atoms with Gasteiger partial charge in [0, 0.05) is 0 Å². The molecule has 3 heterocycles. The monoisotopic (exact) mass is 256 g/mol. The molecule has 0 saturated carbocycles. The summed E-state index contributed by atoms with van der Waals surface area (Å²) in [6.07, 6.45) is 1.44. The van der Waals surface area contributed by atoms with E-state index in [0.717, 1.165) is 16.7 Å². The molecule has 2 aliphatic heterocycles. The number of aromatic nitrogens is 1. The zero-order valence-corrected chi connectivity index (χ0v) is 10.3. The van der Waals surface area contributed by atoms with Crippen molar-refractivity contribution in [1.29, 1.82) is 5.26 Å². The zero-order valence-electron chi connectivity index (χ0n) is 10.3. The lowest BCUT2D eigenvalue weighted by Gasteiger charge is -2.55. The smallest absolute Gasteiger partial charge is 0.181 e. The Bertz CT molecular complexity index is 677. The second-order valence-corrected chi connectivity index (χ2v) is 5.30. The van der Waals surface area contributed by atoms with Gasteiger partial charge in [-0.3, -0.25) is 0 Å². The van der Waals surface area contributed by atoms with Gasteiger partial charge in [-0.2, -0.15) is 5.26 Å². The molecule has 1 aromatic carbocycles. The largest absolute Gasteiger partial charge is 0.443 e. The fraction of sp³-hybridized carbons (Fsp3) is 0.429. The van der Waals surface area contributed by atoms with E-state index in [1.54, 1.807) is 0 Å². The average Bonchev–Trinajstić information content (AvgIpc) is 2.78. The molecule has 0 unspecified atom stereocenters. The van der Waals surface area contributed by atoms with Crippen LogP contribution in [0.1, 0.15) is 5.56 Å². The summed E-state index contributed by atoms with van der Waals surface area (Å²) in [4.78, 5) is 4.11. The third-order valence-electron chi connectivity index (χ3n) is 4.41. The van der Waals surface area contributed by atoms with E-state index in [1.165, 1.54) is 6.39 Å². The second-order valence-electron chi connectivity index (χ2n) is 5.30. The summed E-state index contributed by atoms with van der Waals surface area (Å²) in [5, 5.41) is 9.55. The molecule has 5 heteroatoms. The van der Waals surface area contributed by atoms with E-state index in [2.05, 4.69) is 11.1 Å². The standard InChI is InChI=1S/C14H12N2O3/c15-4-13(5-17-6-13)14(7-18-8-14)10-1-2-11-12(3-10)19-9-16-11/h1-3,9H,5-8H2. The molecule has 96 valence electrons. The number of ether oxygens (including phenoxy) is 2. The molecule has 2 fully saturated rings. The Morgan fingerprint density at radius 1 is 1.16 bits per heavy atom. The van der Waals surface area contributed by atoms with Gasteiger partial charge in [0.05, 0.1) is 37.9 Å². The van der Waals surface area contributed by atoms with Gasteiger partial charge < -0.3 is 13.9 Å². The molecule has 0 radical (unpaired) electrons. The normalized spacial score (nSPS) is 23.3. The van der Waals surface area contributed by atoms with Crippen molar-refractivity contribution in [1.82, 2.24) is 4.98 Å². The molecular formula is C14H12N2O3. The molecule has 0 bridgehead atoms. The van der Waals surface area contributed by atoms with Gasteiger partial charge in [0.2, 0.25) is 0 Å². The van der Waals surface area contributed by atoms with E-state index in [4.69, 9.17) is 13.9 Å². The van der Waals surface area contributed by atoms with Crippen molar-refractivity contribution in [3.05, 3.63) is 30.2 Å². The Kier molecular flexibility index (Phi) is 2.06. The highest BCUT2D eigenvalue weighted by Gasteiger charge is 2.62. The molecule has 0 N–H and O–H groups in total. The first-order valence-corrected chi connectivity index (χ1v) is 6.20. The van der Waals surface area contributed by atoms with Crippen molar-refractivity contribution in [3.8, 4) is 6.07 Å². The molecule has 0 spiro atoms. The molecule has 2 aromatic rings. The molecule has 1 aromatic heterocycles. The maximum absolute atomic E-state index is 9.55. The highest BCUT2D eigenvalue weighted by Crippen LogP contribution is 2.51. The quantitative estimate of drug-likeness (QED) is 0.817. The van der Waals surface area contributed by atoms with Gasteiger partial charge in [-0.1, -0.05) is 6.07 Å². The van der Waals surface area contributed by atoms with Gasteiger partial charge >= 0.3 is 0 Å². The third-order valence-corrected chi connectivity index (χ3v) is 4.41. The van der Waals surface area contributed by atoms with Crippen LogP contribution in [0, 0.1) is 16.7 Å². The molecular weight excluding hydrogens is 244 g/mol. The molecule has 19 heavy (non-hydrogen) atoms. The van der Waals surface area contributed by atoms with E-state index in [1.807, 2.05) is 18.2 Å². The predicted molar refractivity (Wildman–Crippen MR) is 65.4 cm³/mol. The number of oxazole rings is 1. The lowest BCUT2D eigenvalue weighted by molar-refractivity contribution is -0.201. The van der Waals surface area contributed by atoms with Crippen LogP contribution in [0.2, 0.25) is 0 Å². The van der Waals surface area contributed by atoms with Crippen molar-refractivity contribution in [3.63, 3.8) is 0 Å². The van der Waals surface area contributed by atoms with Gasteiger partial charge in [0.15, 0.2) is 12.0 Å². The Balaban J connectivity index is 1.86. The van der Waals surface area contributed by atoms with Gasteiger partial charge in [0.25, 0.3) is 0 Å². The second kappa shape index (κ2) is 3.56. The van der Waals surface area contributed by atoms with Gasteiger partial charge in [-0.25, -0.2) is 4.98 Å². The van der Waals surface area contributed by atoms with Crippen molar-refractivity contribution < 1.29 is 13.9 Å². The number of fused-ring (bicyclic) bond motifs is 1. The lowest BCUT2D eigenvalue weighted by Crippen LogP contribution is -2.66. The molecule has 4 rings (SSSR count). The van der Waals surface area contributed by atoms with E-state index in [0.29, 0.717) is 26.4 Å². The minimum Gasteiger partial charge on any atom is -0.443 e. The molecule has 0 amide bonds. The van der Waals surface area contributed by atoms with Crippen LogP contribution < -0.4 is 0 Å². The highest BCUT2D eigenvalue weighted by atomic mass is 16.5. The Hall–Kier alpha value is -1.90. The fourth-order valence-corrected chi connectivity index (χ4v) is 2.93. The minimum atomic E-state index is -0.473. The lowest BCUT2D eigenvalue weighted by atomic mass is 9.58. The Morgan fingerprint density at radius 2 is 1.95 bits per heavy atom. The molecule has 2 aliphatic rings. The Labute approximate surface area is 109 Å². The summed E-state index contributed by atoms with van der Waals surface area (Å²) in [7, 11) is 0. The summed E-state index contributed by atoms with van der Waals surface area (Å²) in [6, 6.07) is 8.37. The van der Waals surface area contributed by atoms with Crippen LogP contribution in [0.25, 0.3) is 11.1 Å². The van der Waals surface area contributed by atoms with Crippen LogP contribution in [0.5, 0.6) is 0 Å². The summed E-state index contributed by atoms with van der Waals surface area (Å²) in [6.45, 7) is 2.07. The first-order valence-electron chi connectivity index (χ1n) is 6.20. The Morgan fingerprint density at radius 3 is 2.53 bits per heavy atom. The maximum Gasteiger partial charge on any atom is 0.181 e. The third kappa shape index (κ3) is 1.23. The van der Waals surface area contributed by atoms with Crippen molar-refractivity contribution in [2.24, 2.45) is 5.41 Å². The fourth-order valence-electron chi connectivity index (χ4n) is 2.93. The average molecular weight is 256 g/mol. The number of nitriles is 1. The van der Waals surface area contributed by atoms with E-state index in [9.17, 15) is 5.26 Å². The SMILES string of the molecule is N#CC1(C2(c3ccc4ncoc4c3)COC2)COC1. The van der Waals surface area contributed by atoms with Gasteiger partial charge in [0.1, 0.15) is 10.9 Å². The first-order chi connectivity index (χ1) is 9.30. The predicted octanol–water partition coefficient (Wildman–Crippen LogP) is 1.64. The number of rotatable bonds is 2. The minimum absolute atomic E-state index is 0.277. The van der Waals surface area contributed by atoms with Crippen LogP contribution in [0.15, 0.2) is 29.0 Å². The highest BCUT2D eigenvalue weighted by molar-refractivity contribution is 5.73. The van der Waals surface area contributed by atoms with Gasteiger partial charge in [-0.15, -0.1) is 0 Å². The van der Waals surface area contributed by atoms with Crippen LogP contribution in [0.3, 0.4) is 0 Å². The van der Waals surface area contributed by atoms with E-state index >= 15 is 0 Å². The van der Waals surface area contributed by atoms with Gasteiger partial charge in [-0.05, 0) is 17.7 Å². The van der Waals surface area contributed by atoms with E-state index < -0.39 is 5.41 Å². The first kappa shape index (κ1) is 11.0. The van der Waals surface area contributed by atoms with Crippen molar-refractivity contribution in [2.75, 3.05) is 26.4 Å². The molecule has 5 nitrogen and oxygen atoms in total. The van der Waals surface area contributed by atoms with Crippen LogP contribution in [0.4, 0.5) is 0 Å². The topological polar surface area (TPSA) is 68.3 Å². The summed E-state index contributed by atoms with van der Waals surface area (Å²) in [5.74, 6) is 0. The number of hydrogen-bond acceptors (Lipinski definition) is 5. The molecule has 0 aliphatic carbocycles. The van der Waals surface area contributed by atoms with Crippen LogP contribution in [-0.4, -0.2) is 31.4 Å². The zero-order chi connectivity index (χ0) is 12.9. The number of nitrogens with zero attached hydrogens (tertiary/aromatic N) is 2. The summed E-state index contributed by atoms with van der Waals surface area (Å²) in [5.41, 5.74) is 1.90. The van der Waals surface area contributed by atoms with E-state index in [-0.39, 0.29) is 5.41 Å². The maximum atomic E-state index is 9.55. The van der Waals surface area contributed by atoms with Crippen LogP contribution in [-0.2, 0) is 14.9 Å². The number of hydrogen-bond donors (Lipinski definition) is 0. The molecule has 2 saturated heterocycles. The van der Waals surface area contributed by atoms with Crippen molar-refractivity contribution >= 4 is 11.1 Å².